The van der Waals surface area contributed by atoms with Crippen LogP contribution in [0.15, 0.2) is 66.0 Å². The minimum Gasteiger partial charge on any atom is -0.480 e. The monoisotopic (exact) mass is 393 g/mol. The van der Waals surface area contributed by atoms with Gasteiger partial charge < -0.3 is 9.84 Å². The number of aryl methyl sites for hydroxylation is 1. The number of aliphatic carboxylic acids is 1. The minimum atomic E-state index is -0.743. The molecule has 0 saturated carbocycles. The van der Waals surface area contributed by atoms with E-state index in [2.05, 4.69) is 29.3 Å². The number of ether oxygens (including phenoxy) is 1. The van der Waals surface area contributed by atoms with Crippen LogP contribution in [0.5, 0.6) is 11.5 Å². The third-order valence-electron chi connectivity index (χ3n) is 5.08. The Labute approximate surface area is 169 Å². The first kappa shape index (κ1) is 18.7. The van der Waals surface area contributed by atoms with Gasteiger partial charge in [-0.1, -0.05) is 30.3 Å². The van der Waals surface area contributed by atoms with Gasteiger partial charge in [0.2, 0.25) is 0 Å². The van der Waals surface area contributed by atoms with Gasteiger partial charge in [-0.3, -0.25) is 9.69 Å². The van der Waals surface area contributed by atoms with E-state index in [4.69, 9.17) is 4.74 Å². The Kier molecular flexibility index (Phi) is 5.46. The summed E-state index contributed by atoms with van der Waals surface area (Å²) in [5, 5.41) is 11.8. The molecule has 4 rings (SSSR count). The van der Waals surface area contributed by atoms with Crippen LogP contribution in [0, 0.1) is 6.92 Å². The van der Waals surface area contributed by atoms with Crippen molar-refractivity contribution in [2.75, 3.05) is 6.54 Å². The lowest BCUT2D eigenvalue weighted by molar-refractivity contribution is -0.142. The predicted octanol–water partition coefficient (Wildman–Crippen LogP) is 5.49. The number of benzene rings is 2. The lowest BCUT2D eigenvalue weighted by atomic mass is 10.0. The number of hydrogen-bond donors (Lipinski definition) is 1. The van der Waals surface area contributed by atoms with Gasteiger partial charge in [0.1, 0.15) is 17.5 Å². The van der Waals surface area contributed by atoms with E-state index in [9.17, 15) is 9.90 Å². The van der Waals surface area contributed by atoms with Crippen LogP contribution in [0.2, 0.25) is 0 Å². The summed E-state index contributed by atoms with van der Waals surface area (Å²) in [4.78, 5) is 15.1. The van der Waals surface area contributed by atoms with E-state index >= 15 is 0 Å². The van der Waals surface area contributed by atoms with Gasteiger partial charge in [-0.2, -0.15) is 0 Å². The second-order valence-electron chi connectivity index (χ2n) is 7.15. The molecule has 1 aliphatic heterocycles. The number of hydrogen-bond acceptors (Lipinski definition) is 4. The van der Waals surface area contributed by atoms with E-state index in [1.54, 1.807) is 11.3 Å². The molecular formula is C23H23NO3S. The van der Waals surface area contributed by atoms with Crippen molar-refractivity contribution < 1.29 is 14.6 Å². The molecule has 3 aromatic rings. The molecule has 0 spiro atoms. The molecule has 144 valence electrons. The molecule has 1 aliphatic rings. The van der Waals surface area contributed by atoms with Gasteiger partial charge >= 0.3 is 5.97 Å². The molecule has 4 nitrogen and oxygen atoms in total. The van der Waals surface area contributed by atoms with Crippen LogP contribution in [-0.4, -0.2) is 28.6 Å². The fourth-order valence-corrected chi connectivity index (χ4v) is 4.90. The zero-order chi connectivity index (χ0) is 19.5. The van der Waals surface area contributed by atoms with Crippen molar-refractivity contribution in [2.45, 2.75) is 31.8 Å². The maximum Gasteiger partial charge on any atom is 0.320 e. The Morgan fingerprint density at radius 1 is 1.14 bits per heavy atom. The van der Waals surface area contributed by atoms with E-state index in [1.807, 2.05) is 48.5 Å². The summed E-state index contributed by atoms with van der Waals surface area (Å²) in [6, 6.07) is 19.3. The van der Waals surface area contributed by atoms with Gasteiger partial charge in [0, 0.05) is 11.4 Å². The minimum absolute atomic E-state index is 0.0818. The SMILES string of the molecule is Cc1csc(C(c2cccc(Oc3ccccc3)c2)N2CCCC2C(=O)O)c1. The Bertz CT molecular complexity index is 953. The van der Waals surface area contributed by atoms with Crippen LogP contribution < -0.4 is 4.74 Å². The maximum absolute atomic E-state index is 11.8. The van der Waals surface area contributed by atoms with Crippen molar-refractivity contribution in [3.63, 3.8) is 0 Å². The van der Waals surface area contributed by atoms with Crippen LogP contribution in [0.3, 0.4) is 0 Å². The molecule has 1 aromatic heterocycles. The van der Waals surface area contributed by atoms with E-state index in [0.29, 0.717) is 6.42 Å². The fourth-order valence-electron chi connectivity index (χ4n) is 3.85. The van der Waals surface area contributed by atoms with Gasteiger partial charge in [-0.25, -0.2) is 0 Å². The molecule has 1 N–H and O–H groups in total. The molecule has 28 heavy (non-hydrogen) atoms. The van der Waals surface area contributed by atoms with Gasteiger partial charge in [-0.15, -0.1) is 11.3 Å². The highest BCUT2D eigenvalue weighted by Crippen LogP contribution is 2.39. The summed E-state index contributed by atoms with van der Waals surface area (Å²) < 4.78 is 6.02. The van der Waals surface area contributed by atoms with Gasteiger partial charge in [0.05, 0.1) is 6.04 Å². The molecule has 2 unspecified atom stereocenters. The Balaban J connectivity index is 1.70. The molecule has 1 fully saturated rings. The lowest BCUT2D eigenvalue weighted by Gasteiger charge is -2.31. The van der Waals surface area contributed by atoms with Gasteiger partial charge in [-0.05, 0) is 66.6 Å². The number of carboxylic acids is 1. The Hall–Kier alpha value is -2.63. The highest BCUT2D eigenvalue weighted by Gasteiger charge is 2.37. The van der Waals surface area contributed by atoms with Crippen molar-refractivity contribution in [1.82, 2.24) is 4.90 Å². The average Bonchev–Trinajstić information content (AvgIpc) is 3.33. The molecule has 1 saturated heterocycles. The zero-order valence-corrected chi connectivity index (χ0v) is 16.6. The molecular weight excluding hydrogens is 370 g/mol. The quantitative estimate of drug-likeness (QED) is 0.602. The second kappa shape index (κ2) is 8.17. The number of rotatable bonds is 6. The average molecular weight is 394 g/mol. The van der Waals surface area contributed by atoms with Crippen LogP contribution in [0.1, 0.15) is 34.9 Å². The summed E-state index contributed by atoms with van der Waals surface area (Å²) >= 11 is 1.69. The van der Waals surface area contributed by atoms with Gasteiger partial charge in [0.15, 0.2) is 0 Å². The molecule has 2 atom stereocenters. The smallest absolute Gasteiger partial charge is 0.320 e. The van der Waals surface area contributed by atoms with Crippen LogP contribution in [0.4, 0.5) is 0 Å². The van der Waals surface area contributed by atoms with E-state index < -0.39 is 12.0 Å². The summed E-state index contributed by atoms with van der Waals surface area (Å²) in [5.74, 6) is 0.799. The molecule has 0 radical (unpaired) electrons. The predicted molar refractivity (Wildman–Crippen MR) is 111 cm³/mol. The van der Waals surface area contributed by atoms with Crippen LogP contribution in [-0.2, 0) is 4.79 Å². The van der Waals surface area contributed by atoms with Crippen molar-refractivity contribution in [1.29, 1.82) is 0 Å². The molecule has 0 bridgehead atoms. The molecule has 5 heteroatoms. The van der Waals surface area contributed by atoms with Crippen molar-refractivity contribution in [3.05, 3.63) is 82.0 Å². The topological polar surface area (TPSA) is 49.8 Å². The standard InChI is InChI=1S/C23H23NO3S/c1-16-13-21(28-15-16)22(24-12-6-11-20(24)23(25)26)17-7-5-10-19(14-17)27-18-8-3-2-4-9-18/h2-5,7-10,13-15,20,22H,6,11-12H2,1H3,(H,25,26). The van der Waals surface area contributed by atoms with Crippen LogP contribution >= 0.6 is 11.3 Å². The third-order valence-corrected chi connectivity index (χ3v) is 6.19. The third kappa shape index (κ3) is 3.96. The fraction of sp³-hybridized carbons (Fsp3) is 0.261. The highest BCUT2D eigenvalue weighted by molar-refractivity contribution is 7.10. The number of para-hydroxylation sites is 1. The number of likely N-dealkylation sites (tertiary alicyclic amines) is 1. The highest BCUT2D eigenvalue weighted by atomic mass is 32.1. The number of nitrogens with zero attached hydrogens (tertiary/aromatic N) is 1. The normalized spacial score (nSPS) is 18.1. The molecule has 0 amide bonds. The number of carbonyl (C=O) groups is 1. The first-order valence-electron chi connectivity index (χ1n) is 9.48. The zero-order valence-electron chi connectivity index (χ0n) is 15.7. The molecule has 0 aliphatic carbocycles. The van der Waals surface area contributed by atoms with Crippen molar-refractivity contribution >= 4 is 17.3 Å². The summed E-state index contributed by atoms with van der Waals surface area (Å²) in [6.07, 6.45) is 1.59. The van der Waals surface area contributed by atoms with Crippen molar-refractivity contribution in [3.8, 4) is 11.5 Å². The largest absolute Gasteiger partial charge is 0.480 e. The Morgan fingerprint density at radius 3 is 2.64 bits per heavy atom. The van der Waals surface area contributed by atoms with E-state index in [-0.39, 0.29) is 6.04 Å². The summed E-state index contributed by atoms with van der Waals surface area (Å²) in [5.41, 5.74) is 2.26. The van der Waals surface area contributed by atoms with E-state index in [1.165, 1.54) is 10.4 Å². The first-order chi connectivity index (χ1) is 13.6. The van der Waals surface area contributed by atoms with E-state index in [0.717, 1.165) is 30.0 Å². The first-order valence-corrected chi connectivity index (χ1v) is 10.4. The Morgan fingerprint density at radius 2 is 1.93 bits per heavy atom. The molecule has 2 heterocycles. The number of thiophene rings is 1. The lowest BCUT2D eigenvalue weighted by Crippen LogP contribution is -2.39. The van der Waals surface area contributed by atoms with Crippen molar-refractivity contribution in [2.24, 2.45) is 0 Å². The summed E-state index contributed by atoms with van der Waals surface area (Å²) in [7, 11) is 0. The maximum atomic E-state index is 11.8. The summed E-state index contributed by atoms with van der Waals surface area (Å²) in [6.45, 7) is 2.85. The molecule has 2 aromatic carbocycles. The van der Waals surface area contributed by atoms with Gasteiger partial charge in [0.25, 0.3) is 0 Å². The number of carboxylic acid groups (broad SMARTS) is 1. The van der Waals surface area contributed by atoms with Crippen LogP contribution in [0.25, 0.3) is 0 Å². The second-order valence-corrected chi connectivity index (χ2v) is 8.09.